The molecule has 2 aromatic carbocycles. The Bertz CT molecular complexity index is 738. The molecule has 0 spiro atoms. The van der Waals surface area contributed by atoms with Crippen molar-refractivity contribution in [2.45, 2.75) is 38.5 Å². The molecular weight excluding hydrogens is 364 g/mol. The van der Waals surface area contributed by atoms with Crippen LogP contribution in [0.5, 0.6) is 0 Å². The van der Waals surface area contributed by atoms with Gasteiger partial charge in [-0.3, -0.25) is 14.9 Å². The Morgan fingerprint density at radius 2 is 1.45 bits per heavy atom. The molecule has 0 aromatic heterocycles. The standard InChI is InChI=1S/C24H32N2O3/c27-24(25-28)5-3-1-2-4-20-6-10-22(11-7-20)23-12-8-21(9-13-23)14-15-26-16-18-29-19-17-26/h6-13,28H,1-5,14-19H2,(H,25,27). The lowest BCUT2D eigenvalue weighted by atomic mass is 9.99. The van der Waals surface area contributed by atoms with Crippen molar-refractivity contribution in [2.24, 2.45) is 0 Å². The van der Waals surface area contributed by atoms with Crippen LogP contribution >= 0.6 is 0 Å². The number of benzene rings is 2. The third kappa shape index (κ3) is 7.28. The lowest BCUT2D eigenvalue weighted by Crippen LogP contribution is -2.37. The summed E-state index contributed by atoms with van der Waals surface area (Å²) in [5, 5.41) is 8.48. The zero-order valence-corrected chi connectivity index (χ0v) is 17.1. The predicted octanol–water partition coefficient (Wildman–Crippen LogP) is 3.84. The largest absolute Gasteiger partial charge is 0.379 e. The van der Waals surface area contributed by atoms with Crippen LogP contribution in [0, 0.1) is 0 Å². The number of hydroxylamine groups is 1. The summed E-state index contributed by atoms with van der Waals surface area (Å²) >= 11 is 0. The van der Waals surface area contributed by atoms with Gasteiger partial charge >= 0.3 is 0 Å². The van der Waals surface area contributed by atoms with E-state index in [0.29, 0.717) is 6.42 Å². The van der Waals surface area contributed by atoms with Crippen LogP contribution in [-0.2, 0) is 22.4 Å². The number of ether oxygens (including phenoxy) is 1. The average Bonchev–Trinajstić information content (AvgIpc) is 2.79. The normalized spacial score (nSPS) is 14.7. The second-order valence-electron chi connectivity index (χ2n) is 7.69. The van der Waals surface area contributed by atoms with Crippen LogP contribution in [0.4, 0.5) is 0 Å². The van der Waals surface area contributed by atoms with Crippen molar-refractivity contribution in [1.29, 1.82) is 0 Å². The van der Waals surface area contributed by atoms with Gasteiger partial charge in [0.25, 0.3) is 0 Å². The molecule has 0 aliphatic carbocycles. The highest BCUT2D eigenvalue weighted by Crippen LogP contribution is 2.21. The lowest BCUT2D eigenvalue weighted by Gasteiger charge is -2.26. The number of hydrogen-bond acceptors (Lipinski definition) is 4. The van der Waals surface area contributed by atoms with Crippen molar-refractivity contribution in [3.8, 4) is 11.1 Å². The van der Waals surface area contributed by atoms with Gasteiger partial charge in [0.05, 0.1) is 13.2 Å². The highest BCUT2D eigenvalue weighted by molar-refractivity contribution is 5.74. The smallest absolute Gasteiger partial charge is 0.243 e. The van der Waals surface area contributed by atoms with Crippen LogP contribution in [0.15, 0.2) is 48.5 Å². The van der Waals surface area contributed by atoms with Crippen molar-refractivity contribution < 1.29 is 14.7 Å². The van der Waals surface area contributed by atoms with E-state index in [9.17, 15) is 4.79 Å². The van der Waals surface area contributed by atoms with Gasteiger partial charge in [0.2, 0.25) is 5.91 Å². The number of aryl methyl sites for hydroxylation is 1. The molecule has 5 nitrogen and oxygen atoms in total. The molecule has 2 aromatic rings. The van der Waals surface area contributed by atoms with E-state index in [2.05, 4.69) is 53.4 Å². The first-order chi connectivity index (χ1) is 14.2. The molecule has 2 N–H and O–H groups in total. The number of nitrogens with one attached hydrogen (secondary N) is 1. The van der Waals surface area contributed by atoms with Crippen molar-refractivity contribution >= 4 is 5.91 Å². The minimum absolute atomic E-state index is 0.304. The monoisotopic (exact) mass is 396 g/mol. The summed E-state index contributed by atoms with van der Waals surface area (Å²) in [6.07, 6.45) is 5.33. The molecule has 5 heteroatoms. The molecule has 0 bridgehead atoms. The minimum atomic E-state index is -0.304. The van der Waals surface area contributed by atoms with Gasteiger partial charge in [0, 0.05) is 26.1 Å². The molecule has 0 radical (unpaired) electrons. The quantitative estimate of drug-likeness (QED) is 0.364. The summed E-state index contributed by atoms with van der Waals surface area (Å²) < 4.78 is 5.41. The maximum atomic E-state index is 11.0. The van der Waals surface area contributed by atoms with Crippen molar-refractivity contribution in [1.82, 2.24) is 10.4 Å². The molecule has 1 aliphatic rings. The van der Waals surface area contributed by atoms with Crippen LogP contribution in [0.3, 0.4) is 0 Å². The maximum absolute atomic E-state index is 11.0. The number of nitrogens with zero attached hydrogens (tertiary/aromatic N) is 1. The number of morpholine rings is 1. The SMILES string of the molecule is O=C(CCCCCc1ccc(-c2ccc(CCN3CCOCC3)cc2)cc1)NO. The first-order valence-electron chi connectivity index (χ1n) is 10.7. The third-order valence-electron chi connectivity index (χ3n) is 5.56. The second kappa shape index (κ2) is 11.7. The Labute approximate surface area is 173 Å². The third-order valence-corrected chi connectivity index (χ3v) is 5.56. The highest BCUT2D eigenvalue weighted by atomic mass is 16.5. The summed E-state index contributed by atoms with van der Waals surface area (Å²) in [6, 6.07) is 17.7. The Balaban J connectivity index is 1.42. The molecule has 0 unspecified atom stereocenters. The molecule has 1 aliphatic heterocycles. The van der Waals surface area contributed by atoms with E-state index in [1.54, 1.807) is 5.48 Å². The van der Waals surface area contributed by atoms with Gasteiger partial charge in [-0.05, 0) is 47.9 Å². The highest BCUT2D eigenvalue weighted by Gasteiger charge is 2.09. The zero-order chi connectivity index (χ0) is 20.3. The van der Waals surface area contributed by atoms with E-state index >= 15 is 0 Å². The van der Waals surface area contributed by atoms with Gasteiger partial charge in [-0.25, -0.2) is 5.48 Å². The lowest BCUT2D eigenvalue weighted by molar-refractivity contribution is -0.129. The van der Waals surface area contributed by atoms with E-state index in [4.69, 9.17) is 9.94 Å². The summed E-state index contributed by atoms with van der Waals surface area (Å²) in [6.45, 7) is 4.90. The zero-order valence-electron chi connectivity index (χ0n) is 17.1. The van der Waals surface area contributed by atoms with Crippen LogP contribution in [0.25, 0.3) is 11.1 Å². The molecule has 156 valence electrons. The second-order valence-corrected chi connectivity index (χ2v) is 7.69. The number of carbonyl (C=O) groups excluding carboxylic acids is 1. The van der Waals surface area contributed by atoms with Gasteiger partial charge in [-0.1, -0.05) is 55.0 Å². The van der Waals surface area contributed by atoms with Crippen molar-refractivity contribution in [3.05, 3.63) is 59.7 Å². The van der Waals surface area contributed by atoms with Crippen molar-refractivity contribution in [3.63, 3.8) is 0 Å². The number of unbranched alkanes of at least 4 members (excludes halogenated alkanes) is 2. The van der Waals surface area contributed by atoms with Crippen LogP contribution in [0.1, 0.15) is 36.8 Å². The van der Waals surface area contributed by atoms with E-state index in [0.717, 1.165) is 65.0 Å². The van der Waals surface area contributed by atoms with Crippen molar-refractivity contribution in [2.75, 3.05) is 32.8 Å². The number of carbonyl (C=O) groups is 1. The van der Waals surface area contributed by atoms with Gasteiger partial charge in [-0.2, -0.15) is 0 Å². The van der Waals surface area contributed by atoms with E-state index in [1.807, 2.05) is 0 Å². The maximum Gasteiger partial charge on any atom is 0.243 e. The fraction of sp³-hybridized carbons (Fsp3) is 0.458. The Kier molecular flexibility index (Phi) is 8.68. The van der Waals surface area contributed by atoms with Gasteiger partial charge in [-0.15, -0.1) is 0 Å². The fourth-order valence-electron chi connectivity index (χ4n) is 3.69. The number of amides is 1. The summed E-state index contributed by atoms with van der Waals surface area (Å²) in [4.78, 5) is 13.4. The van der Waals surface area contributed by atoms with E-state index < -0.39 is 0 Å². The Morgan fingerprint density at radius 1 is 0.862 bits per heavy atom. The number of rotatable bonds is 10. The average molecular weight is 397 g/mol. The Hall–Kier alpha value is -2.21. The van der Waals surface area contributed by atoms with E-state index in [-0.39, 0.29) is 5.91 Å². The van der Waals surface area contributed by atoms with Gasteiger partial charge < -0.3 is 4.74 Å². The molecule has 3 rings (SSSR count). The molecule has 1 heterocycles. The molecule has 29 heavy (non-hydrogen) atoms. The predicted molar refractivity (Wildman–Crippen MR) is 115 cm³/mol. The summed E-state index contributed by atoms with van der Waals surface area (Å²) in [5.74, 6) is -0.304. The van der Waals surface area contributed by atoms with Crippen LogP contribution in [-0.4, -0.2) is 48.9 Å². The molecule has 1 saturated heterocycles. The van der Waals surface area contributed by atoms with Crippen LogP contribution in [0.2, 0.25) is 0 Å². The molecule has 1 amide bonds. The fourth-order valence-corrected chi connectivity index (χ4v) is 3.69. The van der Waals surface area contributed by atoms with Gasteiger partial charge in [0.1, 0.15) is 0 Å². The molecule has 0 saturated carbocycles. The number of hydrogen-bond donors (Lipinski definition) is 2. The minimum Gasteiger partial charge on any atom is -0.379 e. The van der Waals surface area contributed by atoms with Crippen LogP contribution < -0.4 is 5.48 Å². The topological polar surface area (TPSA) is 61.8 Å². The molecular formula is C24H32N2O3. The Morgan fingerprint density at radius 3 is 2.03 bits per heavy atom. The molecule has 0 atom stereocenters. The van der Waals surface area contributed by atoms with E-state index in [1.165, 1.54) is 22.3 Å². The summed E-state index contributed by atoms with van der Waals surface area (Å²) in [5.41, 5.74) is 6.87. The first-order valence-corrected chi connectivity index (χ1v) is 10.7. The summed E-state index contributed by atoms with van der Waals surface area (Å²) in [7, 11) is 0. The molecule has 1 fully saturated rings. The first kappa shape index (κ1) is 21.5. The van der Waals surface area contributed by atoms with Gasteiger partial charge in [0.15, 0.2) is 0 Å².